The highest BCUT2D eigenvalue weighted by Crippen LogP contribution is 2.18. The predicted molar refractivity (Wildman–Crippen MR) is 91.0 cm³/mol. The standard InChI is InChI=1S/C17H14FN3O2S/c18-11-5-7-12(8-6-11)24-10-16(22)20-21-17(23)14-9-19-15-4-2-1-3-13(14)15/h1-9,19H,10H2,(H,20,22)(H,21,23). The molecule has 3 rings (SSSR count). The molecule has 0 saturated heterocycles. The number of aromatic nitrogens is 1. The van der Waals surface area contributed by atoms with Crippen LogP contribution in [0.2, 0.25) is 0 Å². The summed E-state index contributed by atoms with van der Waals surface area (Å²) in [5, 5.41) is 0.782. The van der Waals surface area contributed by atoms with Crippen LogP contribution in [-0.4, -0.2) is 22.6 Å². The van der Waals surface area contributed by atoms with Crippen molar-refractivity contribution in [2.75, 3.05) is 5.75 Å². The minimum absolute atomic E-state index is 0.111. The second-order valence-corrected chi connectivity index (χ2v) is 6.04. The zero-order valence-electron chi connectivity index (χ0n) is 12.5. The van der Waals surface area contributed by atoms with E-state index in [0.717, 1.165) is 15.8 Å². The second-order valence-electron chi connectivity index (χ2n) is 4.99. The van der Waals surface area contributed by atoms with E-state index in [1.54, 1.807) is 18.3 Å². The smallest absolute Gasteiger partial charge is 0.271 e. The molecule has 0 unspecified atom stereocenters. The van der Waals surface area contributed by atoms with Crippen molar-refractivity contribution in [3.8, 4) is 0 Å². The van der Waals surface area contributed by atoms with Crippen LogP contribution in [0.4, 0.5) is 4.39 Å². The number of hydrogen-bond acceptors (Lipinski definition) is 3. The lowest BCUT2D eigenvalue weighted by Gasteiger charge is -2.07. The van der Waals surface area contributed by atoms with E-state index in [1.165, 1.54) is 23.9 Å². The lowest BCUT2D eigenvalue weighted by atomic mass is 10.2. The maximum absolute atomic E-state index is 12.8. The van der Waals surface area contributed by atoms with Gasteiger partial charge in [0.25, 0.3) is 5.91 Å². The van der Waals surface area contributed by atoms with Crippen molar-refractivity contribution in [1.29, 1.82) is 0 Å². The van der Waals surface area contributed by atoms with E-state index in [9.17, 15) is 14.0 Å². The number of H-pyrrole nitrogens is 1. The number of fused-ring (bicyclic) bond motifs is 1. The zero-order valence-corrected chi connectivity index (χ0v) is 13.3. The lowest BCUT2D eigenvalue weighted by Crippen LogP contribution is -2.42. The molecular formula is C17H14FN3O2S. The fraction of sp³-hybridized carbons (Fsp3) is 0.0588. The number of rotatable bonds is 4. The van der Waals surface area contributed by atoms with Gasteiger partial charge in [-0.15, -0.1) is 11.8 Å². The third kappa shape index (κ3) is 3.75. The van der Waals surface area contributed by atoms with Crippen LogP contribution >= 0.6 is 11.8 Å². The first-order valence-electron chi connectivity index (χ1n) is 7.17. The van der Waals surface area contributed by atoms with Gasteiger partial charge in [0.15, 0.2) is 0 Å². The molecule has 3 N–H and O–H groups in total. The highest BCUT2D eigenvalue weighted by Gasteiger charge is 2.12. The molecule has 0 fully saturated rings. The SMILES string of the molecule is O=C(CSc1ccc(F)cc1)NNC(=O)c1c[nH]c2ccccc12. The second kappa shape index (κ2) is 7.18. The summed E-state index contributed by atoms with van der Waals surface area (Å²) in [5.74, 6) is -0.959. The molecule has 1 heterocycles. The van der Waals surface area contributed by atoms with Crippen molar-refractivity contribution in [3.63, 3.8) is 0 Å². The summed E-state index contributed by atoms with van der Waals surface area (Å²) < 4.78 is 12.8. The molecule has 0 bridgehead atoms. The summed E-state index contributed by atoms with van der Waals surface area (Å²) >= 11 is 1.25. The van der Waals surface area contributed by atoms with Crippen LogP contribution in [0.5, 0.6) is 0 Å². The van der Waals surface area contributed by atoms with Crippen molar-refractivity contribution < 1.29 is 14.0 Å². The van der Waals surface area contributed by atoms with Gasteiger partial charge in [0.05, 0.1) is 11.3 Å². The van der Waals surface area contributed by atoms with E-state index in [-0.39, 0.29) is 17.5 Å². The van der Waals surface area contributed by atoms with Gasteiger partial charge >= 0.3 is 0 Å². The van der Waals surface area contributed by atoms with Gasteiger partial charge in [0.2, 0.25) is 5.91 Å². The Morgan fingerprint density at radius 3 is 2.58 bits per heavy atom. The van der Waals surface area contributed by atoms with Crippen molar-refractivity contribution in [1.82, 2.24) is 15.8 Å². The van der Waals surface area contributed by atoms with Crippen LogP contribution < -0.4 is 10.9 Å². The van der Waals surface area contributed by atoms with E-state index < -0.39 is 5.91 Å². The number of carbonyl (C=O) groups is 2. The Morgan fingerprint density at radius 1 is 1.04 bits per heavy atom. The highest BCUT2D eigenvalue weighted by atomic mass is 32.2. The highest BCUT2D eigenvalue weighted by molar-refractivity contribution is 8.00. The average molecular weight is 343 g/mol. The topological polar surface area (TPSA) is 74.0 Å². The van der Waals surface area contributed by atoms with Crippen molar-refractivity contribution >= 4 is 34.5 Å². The maximum Gasteiger partial charge on any atom is 0.271 e. The summed E-state index contributed by atoms with van der Waals surface area (Å²) in [5.41, 5.74) is 6.06. The Labute approximate surface area is 141 Å². The molecule has 0 atom stereocenters. The molecule has 2 amide bonds. The molecule has 3 aromatic rings. The van der Waals surface area contributed by atoms with E-state index in [4.69, 9.17) is 0 Å². The number of carbonyl (C=O) groups excluding carboxylic acids is 2. The Morgan fingerprint density at radius 2 is 1.79 bits per heavy atom. The minimum atomic E-state index is -0.396. The van der Waals surface area contributed by atoms with Gasteiger partial charge in [-0.2, -0.15) is 0 Å². The number of amides is 2. The Bertz CT molecular complexity index is 877. The number of halogens is 1. The number of hydrazine groups is 1. The fourth-order valence-corrected chi connectivity index (χ4v) is 2.87. The predicted octanol–water partition coefficient (Wildman–Crippen LogP) is 2.86. The summed E-state index contributed by atoms with van der Waals surface area (Å²) in [7, 11) is 0. The Kier molecular flexibility index (Phi) is 4.81. The first kappa shape index (κ1) is 16.1. The quantitative estimate of drug-likeness (QED) is 0.504. The third-order valence-electron chi connectivity index (χ3n) is 3.33. The monoisotopic (exact) mass is 343 g/mol. The lowest BCUT2D eigenvalue weighted by molar-refractivity contribution is -0.119. The molecule has 5 nitrogen and oxygen atoms in total. The van der Waals surface area contributed by atoms with Gasteiger partial charge in [-0.3, -0.25) is 20.4 Å². The van der Waals surface area contributed by atoms with Crippen LogP contribution in [0.1, 0.15) is 10.4 Å². The van der Waals surface area contributed by atoms with Crippen molar-refractivity contribution in [3.05, 3.63) is 66.1 Å². The largest absolute Gasteiger partial charge is 0.360 e. The number of benzene rings is 2. The van der Waals surface area contributed by atoms with Crippen molar-refractivity contribution in [2.24, 2.45) is 0 Å². The van der Waals surface area contributed by atoms with Gasteiger partial charge < -0.3 is 4.98 Å². The van der Waals surface area contributed by atoms with Crippen LogP contribution in [0.15, 0.2) is 59.6 Å². The van der Waals surface area contributed by atoms with E-state index in [0.29, 0.717) is 5.56 Å². The molecule has 0 aliphatic heterocycles. The number of thioether (sulfide) groups is 1. The summed E-state index contributed by atoms with van der Waals surface area (Å²) in [6, 6.07) is 13.3. The zero-order chi connectivity index (χ0) is 16.9. The molecule has 1 aromatic heterocycles. The molecule has 0 aliphatic rings. The Hall–Kier alpha value is -2.80. The molecule has 0 spiro atoms. The van der Waals surface area contributed by atoms with E-state index >= 15 is 0 Å². The van der Waals surface area contributed by atoms with Gasteiger partial charge in [0.1, 0.15) is 5.82 Å². The third-order valence-corrected chi connectivity index (χ3v) is 4.34. The molecule has 122 valence electrons. The number of para-hydroxylation sites is 1. The van der Waals surface area contributed by atoms with Crippen molar-refractivity contribution in [2.45, 2.75) is 4.90 Å². The molecule has 7 heteroatoms. The first-order chi connectivity index (χ1) is 11.6. The first-order valence-corrected chi connectivity index (χ1v) is 8.16. The number of hydrogen-bond donors (Lipinski definition) is 3. The van der Waals surface area contributed by atoms with E-state index in [2.05, 4.69) is 15.8 Å². The van der Waals surface area contributed by atoms with E-state index in [1.807, 2.05) is 24.3 Å². The number of aromatic amines is 1. The van der Waals surface area contributed by atoms with Crippen LogP contribution in [0.3, 0.4) is 0 Å². The Balaban J connectivity index is 1.52. The molecule has 0 aliphatic carbocycles. The van der Waals surface area contributed by atoms with Gasteiger partial charge in [-0.25, -0.2) is 4.39 Å². The minimum Gasteiger partial charge on any atom is -0.360 e. The van der Waals surface area contributed by atoms with Crippen LogP contribution in [0, 0.1) is 5.82 Å². The molecule has 0 saturated carbocycles. The fourth-order valence-electron chi connectivity index (χ4n) is 2.17. The molecular weight excluding hydrogens is 329 g/mol. The molecule has 0 radical (unpaired) electrons. The summed E-state index contributed by atoms with van der Waals surface area (Å²) in [6.45, 7) is 0. The maximum atomic E-state index is 12.8. The van der Waals surface area contributed by atoms with Gasteiger partial charge in [-0.1, -0.05) is 18.2 Å². The number of nitrogens with one attached hydrogen (secondary N) is 3. The summed E-state index contributed by atoms with van der Waals surface area (Å²) in [4.78, 5) is 27.7. The van der Waals surface area contributed by atoms with Gasteiger partial charge in [0, 0.05) is 22.0 Å². The normalized spacial score (nSPS) is 10.5. The van der Waals surface area contributed by atoms with Gasteiger partial charge in [-0.05, 0) is 30.3 Å². The van der Waals surface area contributed by atoms with Crippen LogP contribution in [-0.2, 0) is 4.79 Å². The van der Waals surface area contributed by atoms with Crippen LogP contribution in [0.25, 0.3) is 10.9 Å². The average Bonchev–Trinajstić information content (AvgIpc) is 3.03. The summed E-state index contributed by atoms with van der Waals surface area (Å²) in [6.07, 6.45) is 1.60. The molecule has 2 aromatic carbocycles. The molecule has 24 heavy (non-hydrogen) atoms.